The maximum Gasteiger partial charge on any atom is 0.386 e. The number of fused-ring (bicyclic) bond motifs is 1. The average molecular weight is 160 g/mol. The van der Waals surface area contributed by atoms with Gasteiger partial charge in [0.2, 0.25) is 0 Å². The predicted octanol–water partition coefficient (Wildman–Crippen LogP) is 1.42. The number of hydrogen-bond acceptors (Lipinski definition) is 2. The van der Waals surface area contributed by atoms with E-state index in [2.05, 4.69) is 4.98 Å². The summed E-state index contributed by atoms with van der Waals surface area (Å²) in [7, 11) is 0. The van der Waals surface area contributed by atoms with E-state index < -0.39 is 0 Å². The van der Waals surface area contributed by atoms with Gasteiger partial charge in [0, 0.05) is 6.07 Å². The molecule has 2 rings (SSSR count). The zero-order valence-corrected chi connectivity index (χ0v) is 6.84. The molecule has 0 unspecified atom stereocenters. The molecular formula is C10H10NO+. The van der Waals surface area contributed by atoms with Crippen molar-refractivity contribution in [1.29, 1.82) is 0 Å². The molecule has 60 valence electrons. The smallest absolute Gasteiger partial charge is 0.201 e. The van der Waals surface area contributed by atoms with Crippen molar-refractivity contribution in [1.82, 2.24) is 4.98 Å². The maximum atomic E-state index is 10.3. The molecule has 0 aromatic carbocycles. The summed E-state index contributed by atoms with van der Waals surface area (Å²) in [5.41, 5.74) is 2.85. The molecule has 2 nitrogen and oxygen atoms in total. The zero-order valence-electron chi connectivity index (χ0n) is 6.84. The molecule has 0 saturated heterocycles. The molecule has 2 heteroatoms. The van der Waals surface area contributed by atoms with Crippen LogP contribution in [0.25, 0.3) is 0 Å². The molecule has 1 aromatic heterocycles. The van der Waals surface area contributed by atoms with Gasteiger partial charge < -0.3 is 0 Å². The Bertz CT molecular complexity index is 307. The van der Waals surface area contributed by atoms with Crippen LogP contribution in [-0.2, 0) is 17.6 Å². The summed E-state index contributed by atoms with van der Waals surface area (Å²) in [6, 6.07) is 3.75. The van der Waals surface area contributed by atoms with E-state index in [4.69, 9.17) is 0 Å². The van der Waals surface area contributed by atoms with Crippen LogP contribution in [-0.4, -0.2) is 11.3 Å². The van der Waals surface area contributed by atoms with E-state index in [1.807, 2.05) is 12.4 Å². The third-order valence-corrected chi connectivity index (χ3v) is 2.28. The van der Waals surface area contributed by atoms with Crippen LogP contribution in [0, 0.1) is 0 Å². The average Bonchev–Trinajstić information content (AvgIpc) is 2.17. The Labute approximate surface area is 71.6 Å². The number of hydrogen-bond donors (Lipinski definition) is 0. The fourth-order valence-electron chi connectivity index (χ4n) is 1.64. The highest BCUT2D eigenvalue weighted by Crippen LogP contribution is 2.18. The van der Waals surface area contributed by atoms with Gasteiger partial charge in [-0.2, -0.15) is 0 Å². The predicted molar refractivity (Wildman–Crippen MR) is 45.7 cm³/mol. The highest BCUT2D eigenvalue weighted by molar-refractivity contribution is 5.72. The molecule has 0 saturated carbocycles. The molecule has 1 aliphatic carbocycles. The topological polar surface area (TPSA) is 30.0 Å². The summed E-state index contributed by atoms with van der Waals surface area (Å²) in [6.07, 6.45) is 6.39. The summed E-state index contributed by atoms with van der Waals surface area (Å²) >= 11 is 0. The van der Waals surface area contributed by atoms with E-state index in [-0.39, 0.29) is 0 Å². The number of carbonyl (C=O) groups excluding carboxylic acids is 1. The number of aryl methyl sites for hydroxylation is 2. The van der Waals surface area contributed by atoms with E-state index in [1.165, 1.54) is 18.4 Å². The second-order valence-electron chi connectivity index (χ2n) is 3.11. The molecular weight excluding hydrogens is 150 g/mol. The third-order valence-electron chi connectivity index (χ3n) is 2.28. The van der Waals surface area contributed by atoms with Crippen molar-refractivity contribution in [3.63, 3.8) is 0 Å². The van der Waals surface area contributed by atoms with Crippen molar-refractivity contribution in [2.45, 2.75) is 25.7 Å². The minimum absolute atomic E-state index is 0.440. The molecule has 0 fully saturated rings. The lowest BCUT2D eigenvalue weighted by molar-refractivity contribution is 0.560. The van der Waals surface area contributed by atoms with Crippen molar-refractivity contribution >= 4 is 6.29 Å². The number of aromatic nitrogens is 1. The minimum atomic E-state index is 0.440. The van der Waals surface area contributed by atoms with Crippen LogP contribution < -0.4 is 0 Å². The second kappa shape index (κ2) is 3.00. The highest BCUT2D eigenvalue weighted by atomic mass is 16.1. The molecule has 0 aliphatic heterocycles. The zero-order chi connectivity index (χ0) is 8.39. The van der Waals surface area contributed by atoms with E-state index >= 15 is 0 Å². The molecule has 0 spiro atoms. The van der Waals surface area contributed by atoms with Gasteiger partial charge in [-0.1, -0.05) is 4.79 Å². The van der Waals surface area contributed by atoms with Gasteiger partial charge >= 0.3 is 12.0 Å². The van der Waals surface area contributed by atoms with Gasteiger partial charge in [-0.25, -0.2) is 4.98 Å². The molecule has 1 heterocycles. The molecule has 12 heavy (non-hydrogen) atoms. The van der Waals surface area contributed by atoms with Gasteiger partial charge in [0.05, 0.1) is 5.69 Å². The van der Waals surface area contributed by atoms with Gasteiger partial charge in [0.25, 0.3) is 0 Å². The molecule has 0 bridgehead atoms. The molecule has 0 amide bonds. The first kappa shape index (κ1) is 7.38. The number of nitrogens with zero attached hydrogens (tertiary/aromatic N) is 1. The highest BCUT2D eigenvalue weighted by Gasteiger charge is 2.14. The molecule has 1 aromatic rings. The summed E-state index contributed by atoms with van der Waals surface area (Å²) in [6.45, 7) is 0. The quantitative estimate of drug-likeness (QED) is 0.581. The third kappa shape index (κ3) is 1.21. The largest absolute Gasteiger partial charge is 0.386 e. The summed E-state index contributed by atoms with van der Waals surface area (Å²) < 4.78 is 0. The van der Waals surface area contributed by atoms with Gasteiger partial charge in [-0.05, 0) is 31.2 Å². The minimum Gasteiger partial charge on any atom is -0.201 e. The Balaban J connectivity index is 2.42. The SMILES string of the molecule is O=[C+]c1ccc2c(n1)CCCC2. The standard InChI is InChI=1S/C10H10NO/c12-7-9-6-5-8-3-1-2-4-10(8)11-9/h5-6H,1-4H2/q+1. The first-order valence-electron chi connectivity index (χ1n) is 4.27. The fourth-order valence-corrected chi connectivity index (χ4v) is 1.64. The lowest BCUT2D eigenvalue weighted by Gasteiger charge is -2.11. The van der Waals surface area contributed by atoms with Crippen molar-refractivity contribution in [3.8, 4) is 0 Å². The molecule has 0 N–H and O–H groups in total. The molecule has 0 radical (unpaired) electrons. The Hall–Kier alpha value is -1.27. The molecule has 1 aliphatic rings. The maximum absolute atomic E-state index is 10.3. The fraction of sp³-hybridized carbons (Fsp3) is 0.400. The summed E-state index contributed by atoms with van der Waals surface area (Å²) in [5.74, 6) is 0. The van der Waals surface area contributed by atoms with Crippen LogP contribution in [0.2, 0.25) is 0 Å². The first-order valence-corrected chi connectivity index (χ1v) is 4.27. The van der Waals surface area contributed by atoms with Crippen molar-refractivity contribution in [3.05, 3.63) is 29.1 Å². The van der Waals surface area contributed by atoms with Crippen molar-refractivity contribution < 1.29 is 4.79 Å². The van der Waals surface area contributed by atoms with E-state index in [0.29, 0.717) is 5.69 Å². The Kier molecular flexibility index (Phi) is 1.84. The van der Waals surface area contributed by atoms with Crippen molar-refractivity contribution in [2.24, 2.45) is 0 Å². The van der Waals surface area contributed by atoms with Crippen LogP contribution in [0.1, 0.15) is 29.8 Å². The normalized spacial score (nSPS) is 15.0. The van der Waals surface area contributed by atoms with Crippen LogP contribution in [0.4, 0.5) is 0 Å². The van der Waals surface area contributed by atoms with Crippen LogP contribution in [0.15, 0.2) is 12.1 Å². The summed E-state index contributed by atoms with van der Waals surface area (Å²) in [5, 5.41) is 0. The second-order valence-corrected chi connectivity index (χ2v) is 3.11. The lowest BCUT2D eigenvalue weighted by Crippen LogP contribution is -2.06. The van der Waals surface area contributed by atoms with Crippen LogP contribution >= 0.6 is 0 Å². The first-order chi connectivity index (χ1) is 5.90. The van der Waals surface area contributed by atoms with Crippen molar-refractivity contribution in [2.75, 3.05) is 0 Å². The molecule has 0 atom stereocenters. The summed E-state index contributed by atoms with van der Waals surface area (Å²) in [4.78, 5) is 14.5. The lowest BCUT2D eigenvalue weighted by atomic mass is 9.96. The van der Waals surface area contributed by atoms with E-state index in [0.717, 1.165) is 18.5 Å². The Morgan fingerprint density at radius 1 is 1.25 bits per heavy atom. The van der Waals surface area contributed by atoms with Gasteiger partial charge in [-0.3, -0.25) is 0 Å². The van der Waals surface area contributed by atoms with E-state index in [1.54, 1.807) is 6.07 Å². The monoisotopic (exact) mass is 160 g/mol. The van der Waals surface area contributed by atoms with Crippen LogP contribution in [0.5, 0.6) is 0 Å². The van der Waals surface area contributed by atoms with Gasteiger partial charge in [0.1, 0.15) is 6.07 Å². The van der Waals surface area contributed by atoms with Gasteiger partial charge in [0.15, 0.2) is 0 Å². The van der Waals surface area contributed by atoms with Crippen LogP contribution in [0.3, 0.4) is 0 Å². The Morgan fingerprint density at radius 3 is 2.92 bits per heavy atom. The van der Waals surface area contributed by atoms with E-state index in [9.17, 15) is 4.79 Å². The number of rotatable bonds is 1. The number of pyridine rings is 1. The van der Waals surface area contributed by atoms with Gasteiger partial charge in [-0.15, -0.1) is 0 Å². The Morgan fingerprint density at radius 2 is 2.08 bits per heavy atom.